The molecule has 7 nitrogen and oxygen atoms in total. The number of carbonyl (C=O) groups is 1. The highest BCUT2D eigenvalue weighted by Crippen LogP contribution is 2.30. The zero-order valence-corrected chi connectivity index (χ0v) is 18.5. The number of aryl methyl sites for hydroxylation is 2. The minimum Gasteiger partial charge on any atom is -0.497 e. The molecule has 1 fully saturated rings. The molecule has 2 aliphatic rings. The number of nitrogens with zero attached hydrogens (tertiary/aromatic N) is 4. The van der Waals surface area contributed by atoms with Gasteiger partial charge in [-0.1, -0.05) is 5.16 Å². The van der Waals surface area contributed by atoms with Crippen molar-refractivity contribution in [2.24, 2.45) is 0 Å². The molecular weight excluding hydrogens is 412 g/mol. The molecule has 1 saturated heterocycles. The lowest BCUT2D eigenvalue weighted by Gasteiger charge is -2.33. The minimum absolute atomic E-state index is 0.179. The highest BCUT2D eigenvalue weighted by Gasteiger charge is 2.26. The zero-order chi connectivity index (χ0) is 21.2. The Balaban J connectivity index is 1.16. The maximum absolute atomic E-state index is 13.0. The first-order valence-corrected chi connectivity index (χ1v) is 11.6. The molecule has 1 aliphatic carbocycles. The Kier molecular flexibility index (Phi) is 5.74. The Morgan fingerprint density at radius 2 is 1.90 bits per heavy atom. The van der Waals surface area contributed by atoms with Gasteiger partial charge in [-0.25, -0.2) is 0 Å². The fourth-order valence-corrected chi connectivity index (χ4v) is 5.45. The van der Waals surface area contributed by atoms with E-state index < -0.39 is 0 Å². The van der Waals surface area contributed by atoms with E-state index in [1.54, 1.807) is 18.4 Å². The molecule has 0 spiro atoms. The van der Waals surface area contributed by atoms with Crippen molar-refractivity contribution < 1.29 is 14.1 Å². The number of ether oxygens (including phenoxy) is 1. The van der Waals surface area contributed by atoms with E-state index in [9.17, 15) is 4.79 Å². The molecule has 8 heteroatoms. The van der Waals surface area contributed by atoms with Crippen LogP contribution in [0.3, 0.4) is 0 Å². The van der Waals surface area contributed by atoms with Gasteiger partial charge in [-0.2, -0.15) is 4.98 Å². The molecule has 0 unspecified atom stereocenters. The maximum Gasteiger partial charge on any atom is 0.264 e. The number of methoxy groups -OCH3 is 1. The van der Waals surface area contributed by atoms with Crippen molar-refractivity contribution in [1.29, 1.82) is 0 Å². The van der Waals surface area contributed by atoms with Crippen LogP contribution in [0.25, 0.3) is 11.4 Å². The van der Waals surface area contributed by atoms with Crippen LogP contribution in [0.1, 0.15) is 38.8 Å². The van der Waals surface area contributed by atoms with Gasteiger partial charge in [0.1, 0.15) is 5.75 Å². The number of hydrogen-bond acceptors (Lipinski definition) is 7. The molecule has 2 aromatic heterocycles. The van der Waals surface area contributed by atoms with E-state index >= 15 is 0 Å². The fourth-order valence-electron chi connectivity index (χ4n) is 4.23. The standard InChI is InChI=1S/C23H26N4O3S/c1-29-18-8-6-16(7-9-18)22-24-21(30-25-22)15-26-10-12-27(13-11-26)23(28)20-14-17-4-2-3-5-19(17)31-20/h6-9,14H,2-5,10-13,15H2,1H3. The smallest absolute Gasteiger partial charge is 0.264 e. The molecule has 3 aromatic rings. The molecule has 162 valence electrons. The largest absolute Gasteiger partial charge is 0.497 e. The van der Waals surface area contributed by atoms with Gasteiger partial charge in [0, 0.05) is 36.6 Å². The van der Waals surface area contributed by atoms with Crippen molar-refractivity contribution in [3.8, 4) is 17.1 Å². The second-order valence-electron chi connectivity index (χ2n) is 8.07. The molecule has 1 amide bonds. The summed E-state index contributed by atoms with van der Waals surface area (Å²) in [5.74, 6) is 2.14. The average molecular weight is 439 g/mol. The summed E-state index contributed by atoms with van der Waals surface area (Å²) in [6, 6.07) is 9.73. The van der Waals surface area contributed by atoms with E-state index in [1.165, 1.54) is 23.3 Å². The Bertz CT molecular complexity index is 1030. The fraction of sp³-hybridized carbons (Fsp3) is 0.435. The van der Waals surface area contributed by atoms with Crippen LogP contribution >= 0.6 is 11.3 Å². The molecule has 1 aromatic carbocycles. The van der Waals surface area contributed by atoms with Gasteiger partial charge in [0.2, 0.25) is 11.7 Å². The molecule has 0 bridgehead atoms. The van der Waals surface area contributed by atoms with Gasteiger partial charge in [0.25, 0.3) is 5.91 Å². The molecule has 0 saturated carbocycles. The van der Waals surface area contributed by atoms with Crippen LogP contribution in [0.4, 0.5) is 0 Å². The molecule has 3 heterocycles. The predicted molar refractivity (Wildman–Crippen MR) is 118 cm³/mol. The second-order valence-corrected chi connectivity index (χ2v) is 9.21. The summed E-state index contributed by atoms with van der Waals surface area (Å²) < 4.78 is 10.6. The summed E-state index contributed by atoms with van der Waals surface area (Å²) in [7, 11) is 1.64. The summed E-state index contributed by atoms with van der Waals surface area (Å²) in [6.07, 6.45) is 4.74. The number of amides is 1. The Morgan fingerprint density at radius 3 is 2.65 bits per heavy atom. The van der Waals surface area contributed by atoms with Crippen LogP contribution in [-0.2, 0) is 19.4 Å². The summed E-state index contributed by atoms with van der Waals surface area (Å²) >= 11 is 1.70. The first-order chi connectivity index (χ1) is 15.2. The normalized spacial score (nSPS) is 16.9. The lowest BCUT2D eigenvalue weighted by Crippen LogP contribution is -2.48. The van der Waals surface area contributed by atoms with Crippen LogP contribution in [0.2, 0.25) is 0 Å². The minimum atomic E-state index is 0.179. The average Bonchev–Trinajstić information content (AvgIpc) is 3.46. The third kappa shape index (κ3) is 4.36. The quantitative estimate of drug-likeness (QED) is 0.606. The van der Waals surface area contributed by atoms with Crippen molar-refractivity contribution in [2.75, 3.05) is 33.3 Å². The lowest BCUT2D eigenvalue weighted by molar-refractivity contribution is 0.0619. The van der Waals surface area contributed by atoms with E-state index in [0.29, 0.717) is 18.3 Å². The Morgan fingerprint density at radius 1 is 1.13 bits per heavy atom. The van der Waals surface area contributed by atoms with Gasteiger partial charge in [-0.15, -0.1) is 11.3 Å². The van der Waals surface area contributed by atoms with Crippen molar-refractivity contribution in [2.45, 2.75) is 32.2 Å². The molecule has 31 heavy (non-hydrogen) atoms. The molecule has 5 rings (SSSR count). The summed E-state index contributed by atoms with van der Waals surface area (Å²) in [5, 5.41) is 4.11. The summed E-state index contributed by atoms with van der Waals surface area (Å²) in [4.78, 5) is 24.0. The maximum atomic E-state index is 13.0. The second kappa shape index (κ2) is 8.80. The van der Waals surface area contributed by atoms with Crippen LogP contribution in [0.15, 0.2) is 34.9 Å². The van der Waals surface area contributed by atoms with Crippen LogP contribution in [0, 0.1) is 0 Å². The summed E-state index contributed by atoms with van der Waals surface area (Å²) in [6.45, 7) is 3.65. The van der Waals surface area contributed by atoms with E-state index in [1.807, 2.05) is 29.2 Å². The van der Waals surface area contributed by atoms with E-state index in [-0.39, 0.29) is 5.91 Å². The highest BCUT2D eigenvalue weighted by molar-refractivity contribution is 7.14. The van der Waals surface area contributed by atoms with Gasteiger partial charge in [0.05, 0.1) is 18.5 Å². The zero-order valence-electron chi connectivity index (χ0n) is 17.7. The molecule has 1 aliphatic heterocycles. The number of fused-ring (bicyclic) bond motifs is 1. The van der Waals surface area contributed by atoms with E-state index in [2.05, 4.69) is 21.1 Å². The van der Waals surface area contributed by atoms with E-state index in [0.717, 1.165) is 55.2 Å². The topological polar surface area (TPSA) is 71.7 Å². The molecular formula is C23H26N4O3S. The monoisotopic (exact) mass is 438 g/mol. The van der Waals surface area contributed by atoms with Gasteiger partial charge in [0.15, 0.2) is 0 Å². The Labute approximate surface area is 185 Å². The van der Waals surface area contributed by atoms with Gasteiger partial charge >= 0.3 is 0 Å². The van der Waals surface area contributed by atoms with Crippen molar-refractivity contribution in [1.82, 2.24) is 19.9 Å². The van der Waals surface area contributed by atoms with Crippen LogP contribution in [0.5, 0.6) is 5.75 Å². The van der Waals surface area contributed by atoms with Gasteiger partial charge in [-0.05, 0) is 61.6 Å². The highest BCUT2D eigenvalue weighted by atomic mass is 32.1. The first kappa shape index (κ1) is 20.2. The number of aromatic nitrogens is 2. The third-order valence-electron chi connectivity index (χ3n) is 6.04. The first-order valence-electron chi connectivity index (χ1n) is 10.8. The van der Waals surface area contributed by atoms with Crippen molar-refractivity contribution in [3.63, 3.8) is 0 Å². The number of piperazine rings is 1. The number of rotatable bonds is 5. The third-order valence-corrected chi connectivity index (χ3v) is 7.27. The summed E-state index contributed by atoms with van der Waals surface area (Å²) in [5.41, 5.74) is 2.28. The predicted octanol–water partition coefficient (Wildman–Crippen LogP) is 3.64. The number of benzene rings is 1. The van der Waals surface area contributed by atoms with Crippen molar-refractivity contribution in [3.05, 3.63) is 51.5 Å². The molecule has 0 radical (unpaired) electrons. The van der Waals surface area contributed by atoms with Crippen LogP contribution < -0.4 is 4.74 Å². The van der Waals surface area contributed by atoms with E-state index in [4.69, 9.17) is 9.26 Å². The molecule has 0 N–H and O–H groups in total. The SMILES string of the molecule is COc1ccc(-c2noc(CN3CCN(C(=O)c4cc5c(s4)CCCC5)CC3)n2)cc1. The number of thiophene rings is 1. The number of hydrogen-bond donors (Lipinski definition) is 0. The van der Waals surface area contributed by atoms with Gasteiger partial charge < -0.3 is 14.2 Å². The van der Waals surface area contributed by atoms with Crippen molar-refractivity contribution >= 4 is 17.2 Å². The molecule has 0 atom stereocenters. The number of carbonyl (C=O) groups excluding carboxylic acids is 1. The van der Waals surface area contributed by atoms with Crippen LogP contribution in [-0.4, -0.2) is 59.1 Å². The van der Waals surface area contributed by atoms with Gasteiger partial charge in [-0.3, -0.25) is 9.69 Å². The Hall–Kier alpha value is -2.71. The lowest BCUT2D eigenvalue weighted by atomic mass is 9.99.